The van der Waals surface area contributed by atoms with Gasteiger partial charge in [0.25, 0.3) is 5.56 Å². The fourth-order valence-corrected chi connectivity index (χ4v) is 3.24. The maximum absolute atomic E-state index is 12.2. The second kappa shape index (κ2) is 5.15. The number of aromatic nitrogens is 5. The van der Waals surface area contributed by atoms with Crippen molar-refractivity contribution >= 4 is 27.3 Å². The lowest BCUT2D eigenvalue weighted by Gasteiger charge is -2.12. The summed E-state index contributed by atoms with van der Waals surface area (Å²) in [6, 6.07) is 1.88. The summed E-state index contributed by atoms with van der Waals surface area (Å²) in [7, 11) is 1.39. The van der Waals surface area contributed by atoms with Crippen molar-refractivity contribution in [1.82, 2.24) is 24.3 Å². The lowest BCUT2D eigenvalue weighted by atomic mass is 10.3. The molecule has 0 bridgehead atoms. The molecule has 2 aliphatic heterocycles. The number of aryl methyl sites for hydroxylation is 1. The number of halogens is 1. The zero-order chi connectivity index (χ0) is 15.1. The molecule has 0 N–H and O–H groups in total. The number of thiophene rings is 1. The molecule has 7 nitrogen and oxygen atoms in total. The predicted molar refractivity (Wildman–Crippen MR) is 82.6 cm³/mol. The average molecular weight is 368 g/mol. The van der Waals surface area contributed by atoms with Crippen LogP contribution in [0.15, 0.2) is 25.5 Å². The van der Waals surface area contributed by atoms with Crippen LogP contribution >= 0.6 is 27.3 Å². The normalized spacial score (nSPS) is 11.2. The first-order valence-corrected chi connectivity index (χ1v) is 7.79. The number of nitrogens with zero attached hydrogens (tertiary/aromatic N) is 5. The quantitative estimate of drug-likeness (QED) is 0.682. The molecule has 0 aromatic carbocycles. The van der Waals surface area contributed by atoms with Crippen molar-refractivity contribution in [2.75, 3.05) is 0 Å². The van der Waals surface area contributed by atoms with E-state index < -0.39 is 11.2 Å². The molecule has 0 fully saturated rings. The van der Waals surface area contributed by atoms with Crippen LogP contribution in [-0.2, 0) is 13.6 Å². The molecular weight excluding hydrogens is 358 g/mol. The van der Waals surface area contributed by atoms with E-state index in [0.29, 0.717) is 12.4 Å². The molecule has 2 aliphatic rings. The number of rotatable bonds is 2. The summed E-state index contributed by atoms with van der Waals surface area (Å²) in [6.07, 6.45) is 0. The van der Waals surface area contributed by atoms with Crippen LogP contribution in [0.2, 0.25) is 0 Å². The standard InChI is InChI=1S/C12H10BrN5O2S/c1-3-18-10-8(11(19)17(2)12(20)15-10)14-9(16-18)7-4-6(13)5-21-7/h4-5H,3H2,1-2H3. The van der Waals surface area contributed by atoms with Gasteiger partial charge in [0.1, 0.15) is 0 Å². The molecule has 21 heavy (non-hydrogen) atoms. The van der Waals surface area contributed by atoms with Crippen molar-refractivity contribution in [2.45, 2.75) is 13.5 Å². The molecule has 1 aromatic heterocycles. The predicted octanol–water partition coefficient (Wildman–Crippen LogP) is 1.35. The third kappa shape index (κ3) is 2.32. The smallest absolute Gasteiger partial charge is 0.267 e. The minimum absolute atomic E-state index is 0.147. The summed E-state index contributed by atoms with van der Waals surface area (Å²) in [6.45, 7) is 2.35. The van der Waals surface area contributed by atoms with Gasteiger partial charge >= 0.3 is 5.69 Å². The maximum Gasteiger partial charge on any atom is 0.352 e. The molecule has 9 heteroatoms. The molecule has 0 unspecified atom stereocenters. The van der Waals surface area contributed by atoms with Crippen molar-refractivity contribution < 1.29 is 0 Å². The minimum atomic E-state index is -0.607. The van der Waals surface area contributed by atoms with Crippen LogP contribution in [0.3, 0.4) is 0 Å². The van der Waals surface area contributed by atoms with E-state index in [1.165, 1.54) is 23.1 Å². The van der Waals surface area contributed by atoms with Gasteiger partial charge < -0.3 is 0 Å². The molecule has 108 valence electrons. The monoisotopic (exact) mass is 367 g/mol. The molecule has 0 spiro atoms. The van der Waals surface area contributed by atoms with Crippen LogP contribution in [0.25, 0.3) is 22.2 Å². The second-order valence-corrected chi connectivity index (χ2v) is 6.14. The van der Waals surface area contributed by atoms with E-state index in [-0.39, 0.29) is 11.5 Å². The fourth-order valence-electron chi connectivity index (χ4n) is 1.88. The zero-order valence-corrected chi connectivity index (χ0v) is 13.6. The number of hydrogen-bond donors (Lipinski definition) is 0. The summed E-state index contributed by atoms with van der Waals surface area (Å²) in [5.41, 5.74) is -0.926. The van der Waals surface area contributed by atoms with Gasteiger partial charge in [0.15, 0.2) is 17.3 Å². The number of hydrogen-bond acceptors (Lipinski definition) is 6. The molecule has 0 atom stereocenters. The summed E-state index contributed by atoms with van der Waals surface area (Å²) in [5, 5.41) is 6.27. The topological polar surface area (TPSA) is 82.7 Å². The van der Waals surface area contributed by atoms with Crippen LogP contribution in [0.5, 0.6) is 0 Å². The lowest BCUT2D eigenvalue weighted by Crippen LogP contribution is -2.37. The highest BCUT2D eigenvalue weighted by Gasteiger charge is 2.20. The molecule has 0 saturated heterocycles. The Labute approximate surface area is 131 Å². The lowest BCUT2D eigenvalue weighted by molar-refractivity contribution is 0.613. The average Bonchev–Trinajstić information content (AvgIpc) is 2.91. The van der Waals surface area contributed by atoms with Crippen LogP contribution in [0.4, 0.5) is 0 Å². The molecule has 0 aliphatic carbocycles. The van der Waals surface area contributed by atoms with E-state index in [2.05, 4.69) is 31.0 Å². The molecule has 0 saturated carbocycles. The van der Waals surface area contributed by atoms with Crippen molar-refractivity contribution in [2.24, 2.45) is 7.05 Å². The van der Waals surface area contributed by atoms with Gasteiger partial charge in [0, 0.05) is 23.4 Å². The Hall–Kier alpha value is -1.87. The van der Waals surface area contributed by atoms with E-state index in [1.54, 1.807) is 0 Å². The zero-order valence-electron chi connectivity index (χ0n) is 11.2. The van der Waals surface area contributed by atoms with E-state index >= 15 is 0 Å². The molecule has 3 rings (SSSR count). The van der Waals surface area contributed by atoms with Gasteiger partial charge in [-0.25, -0.2) is 14.5 Å². The van der Waals surface area contributed by atoms with Gasteiger partial charge in [-0.1, -0.05) is 0 Å². The first-order chi connectivity index (χ1) is 10.0. The van der Waals surface area contributed by atoms with E-state index in [4.69, 9.17) is 0 Å². The Balaban J connectivity index is 2.38. The first kappa shape index (κ1) is 14.1. The van der Waals surface area contributed by atoms with Crippen LogP contribution < -0.4 is 11.2 Å². The van der Waals surface area contributed by atoms with Crippen LogP contribution in [0, 0.1) is 0 Å². The minimum Gasteiger partial charge on any atom is -0.267 e. The molecule has 3 heterocycles. The summed E-state index contributed by atoms with van der Waals surface area (Å²) < 4.78 is 3.40. The Morgan fingerprint density at radius 1 is 1.33 bits per heavy atom. The van der Waals surface area contributed by atoms with E-state index in [0.717, 1.165) is 13.9 Å². The van der Waals surface area contributed by atoms with E-state index in [1.807, 2.05) is 18.4 Å². The molecule has 0 radical (unpaired) electrons. The molecule has 0 amide bonds. The largest absolute Gasteiger partial charge is 0.352 e. The van der Waals surface area contributed by atoms with Gasteiger partial charge in [-0.2, -0.15) is 4.98 Å². The Morgan fingerprint density at radius 2 is 2.10 bits per heavy atom. The maximum atomic E-state index is 12.2. The Kier molecular flexibility index (Phi) is 3.46. The second-order valence-electron chi connectivity index (χ2n) is 4.31. The Bertz CT molecular complexity index is 913. The number of fused-ring (bicyclic) bond motifs is 1. The van der Waals surface area contributed by atoms with Gasteiger partial charge in [0.05, 0.1) is 4.88 Å². The highest BCUT2D eigenvalue weighted by Crippen LogP contribution is 2.28. The third-order valence-electron chi connectivity index (χ3n) is 2.97. The van der Waals surface area contributed by atoms with Crippen molar-refractivity contribution in [3.8, 4) is 22.2 Å². The van der Waals surface area contributed by atoms with Crippen LogP contribution in [0.1, 0.15) is 6.92 Å². The SMILES string of the molecule is CCn1nc(-c2cc(Br)cs2)nc2c(=O)n(C)c(=O)nc1-2. The van der Waals surface area contributed by atoms with Crippen LogP contribution in [-0.4, -0.2) is 24.3 Å². The summed E-state index contributed by atoms with van der Waals surface area (Å²) >= 11 is 4.85. The summed E-state index contributed by atoms with van der Waals surface area (Å²) in [4.78, 5) is 32.9. The summed E-state index contributed by atoms with van der Waals surface area (Å²) in [5.74, 6) is 0.655. The van der Waals surface area contributed by atoms with Gasteiger partial charge in [-0.3, -0.25) is 9.36 Å². The van der Waals surface area contributed by atoms with Gasteiger partial charge in [-0.05, 0) is 28.9 Å². The Morgan fingerprint density at radius 3 is 2.71 bits per heavy atom. The highest BCUT2D eigenvalue weighted by atomic mass is 79.9. The van der Waals surface area contributed by atoms with E-state index in [9.17, 15) is 9.59 Å². The van der Waals surface area contributed by atoms with Crippen molar-refractivity contribution in [1.29, 1.82) is 0 Å². The highest BCUT2D eigenvalue weighted by molar-refractivity contribution is 9.10. The fraction of sp³-hybridized carbons (Fsp3) is 0.250. The van der Waals surface area contributed by atoms with Crippen molar-refractivity contribution in [3.05, 3.63) is 36.8 Å². The molecular formula is C12H10BrN5O2S. The van der Waals surface area contributed by atoms with Gasteiger partial charge in [-0.15, -0.1) is 16.4 Å². The van der Waals surface area contributed by atoms with Crippen molar-refractivity contribution in [3.63, 3.8) is 0 Å². The van der Waals surface area contributed by atoms with Gasteiger partial charge in [0.2, 0.25) is 0 Å². The third-order valence-corrected chi connectivity index (χ3v) is 4.66. The molecule has 1 aromatic rings. The first-order valence-electron chi connectivity index (χ1n) is 6.11.